The zero-order valence-corrected chi connectivity index (χ0v) is 17.2. The Morgan fingerprint density at radius 1 is 1.00 bits per heavy atom. The van der Waals surface area contributed by atoms with E-state index in [9.17, 15) is 0 Å². The van der Waals surface area contributed by atoms with E-state index in [-0.39, 0.29) is 148 Å². The van der Waals surface area contributed by atoms with Crippen LogP contribution in [0.4, 0.5) is 0 Å². The van der Waals surface area contributed by atoms with Gasteiger partial charge in [0.05, 0.1) is 0 Å². The van der Waals surface area contributed by atoms with Crippen LogP contribution in [0.15, 0.2) is 0 Å². The van der Waals surface area contributed by atoms with Crippen LogP contribution >= 0.6 is 0 Å². The Morgan fingerprint density at radius 2 is 1.00 bits per heavy atom. The average Bonchev–Trinajstić information content (AvgIpc) is 0. The van der Waals surface area contributed by atoms with Gasteiger partial charge >= 0.3 is 103 Å². The van der Waals surface area contributed by atoms with Crippen LogP contribution in [0.2, 0.25) is 0 Å². The van der Waals surface area contributed by atoms with E-state index in [1.54, 1.807) is 0 Å². The van der Waals surface area contributed by atoms with Crippen molar-refractivity contribution in [3.8, 4) is 0 Å². The van der Waals surface area contributed by atoms with Crippen molar-refractivity contribution in [3.05, 3.63) is 0 Å². The Bertz CT molecular complexity index is 15.5. The van der Waals surface area contributed by atoms with Crippen LogP contribution in [-0.4, -0.2) is 121 Å². The minimum absolute atomic E-state index is 0. The third kappa shape index (κ3) is 23.1. The third-order valence-corrected chi connectivity index (χ3v) is 0. The van der Waals surface area contributed by atoms with E-state index >= 15 is 0 Å². The molecule has 6 heavy (non-hydrogen) atoms. The van der Waals surface area contributed by atoms with Gasteiger partial charge in [-0.15, -0.1) is 0 Å². The molecule has 36 valence electrons. The standard InChI is InChI=1S/Al.Bi.Cd.In.Pb.Sn.15H. The van der Waals surface area contributed by atoms with Gasteiger partial charge in [-0.3, -0.25) is 0 Å². The summed E-state index contributed by atoms with van der Waals surface area (Å²) in [6, 6.07) is 0. The molecule has 0 fully saturated rings. The summed E-state index contributed by atoms with van der Waals surface area (Å²) in [6.07, 6.45) is 0. The molecule has 6 heteroatoms. The molecule has 0 aromatic heterocycles. The number of hydrogen-bond acceptors (Lipinski definition) is 0. The van der Waals surface area contributed by atoms with Crippen molar-refractivity contribution in [3.63, 3.8) is 0 Å². The van der Waals surface area contributed by atoms with E-state index in [0.29, 0.717) is 0 Å². The maximum absolute atomic E-state index is 0. The predicted molar refractivity (Wildman–Crippen MR) is 49.7 cm³/mol. The Labute approximate surface area is 144 Å². The van der Waals surface area contributed by atoms with Gasteiger partial charge in [-0.25, -0.2) is 0 Å². The second-order valence-corrected chi connectivity index (χ2v) is 0. The van der Waals surface area contributed by atoms with Crippen molar-refractivity contribution in [2.24, 2.45) is 0 Å². The van der Waals surface area contributed by atoms with Crippen LogP contribution in [0.1, 0.15) is 0 Å². The Morgan fingerprint density at radius 3 is 1.00 bits per heavy atom. The van der Waals surface area contributed by atoms with E-state index in [2.05, 4.69) is 0 Å². The van der Waals surface area contributed by atoms with Crippen molar-refractivity contribution in [1.82, 2.24) is 0 Å². The molecule has 0 bridgehead atoms. The molecular formula is H15AlBiCdInPbSn. The van der Waals surface area contributed by atoms with Crippen molar-refractivity contribution in [2.45, 2.75) is 0 Å². The van der Waals surface area contributed by atoms with Crippen LogP contribution in [0.5, 0.6) is 0 Å². The molecule has 0 rings (SSSR count). The molecule has 0 heterocycles. The second kappa shape index (κ2) is 32.6. The first-order chi connectivity index (χ1) is 0. The van der Waals surface area contributed by atoms with Crippen molar-refractivity contribution < 1.29 is 27.3 Å². The summed E-state index contributed by atoms with van der Waals surface area (Å²) in [7, 11) is 0. The van der Waals surface area contributed by atoms with Crippen LogP contribution < -0.4 is 0 Å². The predicted octanol–water partition coefficient (Wildman–Crippen LogP) is -5.92. The molecule has 0 spiro atoms. The molecule has 0 saturated carbocycles. The van der Waals surface area contributed by atoms with Crippen molar-refractivity contribution in [1.29, 1.82) is 0 Å². The van der Waals surface area contributed by atoms with Gasteiger partial charge in [0.2, 0.25) is 0 Å². The van der Waals surface area contributed by atoms with Gasteiger partial charge in [0.15, 0.2) is 17.4 Å². The Balaban J connectivity index is 0. The summed E-state index contributed by atoms with van der Waals surface area (Å²) < 4.78 is 0. The zero-order valence-electron chi connectivity index (χ0n) is 2.12. The maximum atomic E-state index is 0. The number of hydrogen-bond donors (Lipinski definition) is 0. The normalized spacial score (nSPS) is 0. The molecule has 0 unspecified atom stereocenters. The van der Waals surface area contributed by atoms with Gasteiger partial charge < -0.3 is 0 Å². The molecule has 0 aromatic rings. The fourth-order valence-corrected chi connectivity index (χ4v) is 0. The minimum atomic E-state index is 0. The molecule has 0 aliphatic rings. The van der Waals surface area contributed by atoms with E-state index in [4.69, 9.17) is 0 Å². The molecule has 0 aliphatic carbocycles. The van der Waals surface area contributed by atoms with Crippen LogP contribution in [0, 0.1) is 0 Å². The van der Waals surface area contributed by atoms with Gasteiger partial charge in [0, 0.05) is 27.3 Å². The summed E-state index contributed by atoms with van der Waals surface area (Å²) in [6.45, 7) is 0. The van der Waals surface area contributed by atoms with Crippen LogP contribution in [0.25, 0.3) is 0 Å². The fraction of sp³-hybridized carbons (Fsp3) is 0. The molecule has 0 nitrogen and oxygen atoms in total. The number of rotatable bonds is 0. The quantitative estimate of drug-likeness (QED) is 0.215. The molecule has 0 atom stereocenters. The molecule has 0 N–H and O–H groups in total. The van der Waals surface area contributed by atoms with Gasteiger partial charge in [0.1, 0.15) is 0 Å². The van der Waals surface area contributed by atoms with E-state index < -0.39 is 0 Å². The molecule has 0 saturated heterocycles. The summed E-state index contributed by atoms with van der Waals surface area (Å²) >= 11 is 0. The average molecular weight is 804 g/mol. The Kier molecular flexibility index (Phi) is 241. The molecule has 0 aliphatic heterocycles. The molecular weight excluding hydrogens is 789 g/mol. The van der Waals surface area contributed by atoms with E-state index in [1.807, 2.05) is 0 Å². The molecule has 2 radical (unpaired) electrons. The van der Waals surface area contributed by atoms with Crippen molar-refractivity contribution >= 4 is 121 Å². The Hall–Kier alpha value is 4.93. The fourth-order valence-electron chi connectivity index (χ4n) is 0. The zero-order chi connectivity index (χ0) is 0. The monoisotopic (exact) mass is 808 g/mol. The summed E-state index contributed by atoms with van der Waals surface area (Å²) in [5, 5.41) is 0. The summed E-state index contributed by atoms with van der Waals surface area (Å²) in [5.74, 6) is 0. The van der Waals surface area contributed by atoms with E-state index in [1.165, 1.54) is 0 Å². The molecule has 0 aromatic carbocycles. The topological polar surface area (TPSA) is 0 Å². The van der Waals surface area contributed by atoms with Crippen LogP contribution in [-0.2, 0) is 27.3 Å². The summed E-state index contributed by atoms with van der Waals surface area (Å²) in [4.78, 5) is 0. The summed E-state index contributed by atoms with van der Waals surface area (Å²) in [5.41, 5.74) is 0. The van der Waals surface area contributed by atoms with E-state index in [0.717, 1.165) is 0 Å². The SMILES string of the molecule is [AlH3].[BiH3].[Cd].[InH3].[PbH2].[SnH4]. The van der Waals surface area contributed by atoms with Gasteiger partial charge in [-0.05, 0) is 0 Å². The van der Waals surface area contributed by atoms with Gasteiger partial charge in [0.25, 0.3) is 0 Å². The first-order valence-electron chi connectivity index (χ1n) is 0. The van der Waals surface area contributed by atoms with Gasteiger partial charge in [-0.1, -0.05) is 0 Å². The van der Waals surface area contributed by atoms with Crippen LogP contribution in [0.3, 0.4) is 0 Å². The first kappa shape index (κ1) is 44.4. The third-order valence-electron chi connectivity index (χ3n) is 0. The molecule has 0 amide bonds. The second-order valence-electron chi connectivity index (χ2n) is 0. The van der Waals surface area contributed by atoms with Crippen molar-refractivity contribution in [2.75, 3.05) is 0 Å². The van der Waals surface area contributed by atoms with Gasteiger partial charge in [-0.2, -0.15) is 0 Å². The first-order valence-corrected chi connectivity index (χ1v) is 0.